The summed E-state index contributed by atoms with van der Waals surface area (Å²) in [5.41, 5.74) is 0.257. The highest BCUT2D eigenvalue weighted by molar-refractivity contribution is 6.06. The minimum absolute atomic E-state index is 0.159. The number of anilines is 1. The van der Waals surface area contributed by atoms with Gasteiger partial charge in [-0.2, -0.15) is 0 Å². The van der Waals surface area contributed by atoms with E-state index in [4.69, 9.17) is 0 Å². The highest BCUT2D eigenvalue weighted by Crippen LogP contribution is 2.35. The molecule has 0 aromatic heterocycles. The largest absolute Gasteiger partial charge is 0.367 e. The number of hydrogen-bond donors (Lipinski definition) is 1. The van der Waals surface area contributed by atoms with Crippen molar-refractivity contribution in [2.24, 2.45) is 0 Å². The highest BCUT2D eigenvalue weighted by Gasteiger charge is 2.43. The van der Waals surface area contributed by atoms with Crippen LogP contribution in [-0.2, 0) is 4.79 Å². The minimum atomic E-state index is -1.17. The van der Waals surface area contributed by atoms with Crippen LogP contribution in [0.15, 0.2) is 42.0 Å². The Morgan fingerprint density at radius 3 is 2.50 bits per heavy atom. The predicted octanol–water partition coefficient (Wildman–Crippen LogP) is 2.08. The Morgan fingerprint density at radius 2 is 1.94 bits per heavy atom. The number of rotatable bonds is 2. The maximum Gasteiger partial charge on any atom is 0.253 e. The first-order valence-corrected chi connectivity index (χ1v) is 5.40. The van der Waals surface area contributed by atoms with E-state index in [2.05, 4.69) is 0 Å². The van der Waals surface area contributed by atoms with Crippen molar-refractivity contribution in [3.63, 3.8) is 0 Å². The fourth-order valence-corrected chi connectivity index (χ4v) is 2.08. The van der Waals surface area contributed by atoms with Crippen LogP contribution in [0.2, 0.25) is 0 Å². The second kappa shape index (κ2) is 3.76. The molecule has 0 aliphatic carbocycles. The molecule has 0 radical (unpaired) electrons. The zero-order valence-corrected chi connectivity index (χ0v) is 9.47. The standard InChI is InChI=1S/C13H15NO2/c1-3-13(16)10(2)9-12(15)14(13)11-7-5-4-6-8-11/h4-9,16H,3H2,1-2H3. The van der Waals surface area contributed by atoms with Crippen LogP contribution in [0.25, 0.3) is 0 Å². The summed E-state index contributed by atoms with van der Waals surface area (Å²) in [5.74, 6) is -0.159. The van der Waals surface area contributed by atoms with Crippen molar-refractivity contribution in [1.82, 2.24) is 0 Å². The van der Waals surface area contributed by atoms with Gasteiger partial charge in [0.05, 0.1) is 0 Å². The SMILES string of the molecule is CCC1(O)C(C)=CC(=O)N1c1ccccc1. The van der Waals surface area contributed by atoms with Gasteiger partial charge < -0.3 is 5.11 Å². The first-order valence-electron chi connectivity index (χ1n) is 5.40. The normalized spacial score (nSPS) is 24.8. The second-order valence-corrected chi connectivity index (χ2v) is 4.01. The average molecular weight is 217 g/mol. The summed E-state index contributed by atoms with van der Waals surface area (Å²) in [6.45, 7) is 3.65. The Balaban J connectivity index is 2.46. The monoisotopic (exact) mass is 217 g/mol. The fourth-order valence-electron chi connectivity index (χ4n) is 2.08. The van der Waals surface area contributed by atoms with Crippen molar-refractivity contribution in [3.8, 4) is 0 Å². The van der Waals surface area contributed by atoms with E-state index in [-0.39, 0.29) is 5.91 Å². The van der Waals surface area contributed by atoms with Gasteiger partial charge >= 0.3 is 0 Å². The fraction of sp³-hybridized carbons (Fsp3) is 0.308. The minimum Gasteiger partial charge on any atom is -0.367 e. The van der Waals surface area contributed by atoms with Crippen LogP contribution in [0.3, 0.4) is 0 Å². The van der Waals surface area contributed by atoms with Crippen LogP contribution in [-0.4, -0.2) is 16.7 Å². The lowest BCUT2D eigenvalue weighted by Crippen LogP contribution is -2.47. The lowest BCUT2D eigenvalue weighted by Gasteiger charge is -2.34. The number of para-hydroxylation sites is 1. The number of nitrogens with zero attached hydrogens (tertiary/aromatic N) is 1. The third kappa shape index (κ3) is 1.44. The van der Waals surface area contributed by atoms with E-state index in [0.717, 1.165) is 5.69 Å². The van der Waals surface area contributed by atoms with Gasteiger partial charge in [0.1, 0.15) is 0 Å². The molecule has 2 rings (SSSR count). The lowest BCUT2D eigenvalue weighted by molar-refractivity contribution is -0.116. The molecule has 1 N–H and O–H groups in total. The second-order valence-electron chi connectivity index (χ2n) is 4.01. The smallest absolute Gasteiger partial charge is 0.253 e. The summed E-state index contributed by atoms with van der Waals surface area (Å²) in [7, 11) is 0. The van der Waals surface area contributed by atoms with Crippen LogP contribution in [0.4, 0.5) is 5.69 Å². The number of aliphatic hydroxyl groups is 1. The van der Waals surface area contributed by atoms with Gasteiger partial charge in [0.15, 0.2) is 5.72 Å². The van der Waals surface area contributed by atoms with Crippen molar-refractivity contribution in [2.75, 3.05) is 4.90 Å². The molecule has 3 heteroatoms. The molecular weight excluding hydrogens is 202 g/mol. The van der Waals surface area contributed by atoms with Crippen molar-refractivity contribution >= 4 is 11.6 Å². The van der Waals surface area contributed by atoms with Crippen LogP contribution in [0.5, 0.6) is 0 Å². The zero-order chi connectivity index (χ0) is 11.8. The summed E-state index contributed by atoms with van der Waals surface area (Å²) in [6.07, 6.45) is 1.98. The van der Waals surface area contributed by atoms with Gasteiger partial charge in [-0.15, -0.1) is 0 Å². The molecule has 1 aliphatic rings. The van der Waals surface area contributed by atoms with Gasteiger partial charge in [0.2, 0.25) is 0 Å². The topological polar surface area (TPSA) is 40.5 Å². The van der Waals surface area contributed by atoms with Crippen LogP contribution in [0.1, 0.15) is 20.3 Å². The maximum absolute atomic E-state index is 11.8. The van der Waals surface area contributed by atoms with Gasteiger partial charge in [0.25, 0.3) is 5.91 Å². The Hall–Kier alpha value is -1.61. The Labute approximate surface area is 95.0 Å². The molecule has 1 aromatic carbocycles. The molecule has 0 fully saturated rings. The zero-order valence-electron chi connectivity index (χ0n) is 9.47. The number of benzene rings is 1. The van der Waals surface area contributed by atoms with Gasteiger partial charge in [-0.3, -0.25) is 9.69 Å². The third-order valence-electron chi connectivity index (χ3n) is 3.07. The quantitative estimate of drug-likeness (QED) is 0.824. The van der Waals surface area contributed by atoms with E-state index in [9.17, 15) is 9.90 Å². The molecule has 0 bridgehead atoms. The van der Waals surface area contributed by atoms with Crippen molar-refractivity contribution in [3.05, 3.63) is 42.0 Å². The molecule has 84 valence electrons. The molecule has 1 aliphatic heterocycles. The van der Waals surface area contributed by atoms with Crippen LogP contribution >= 0.6 is 0 Å². The summed E-state index contributed by atoms with van der Waals surface area (Å²) in [5, 5.41) is 10.5. The Morgan fingerprint density at radius 1 is 1.31 bits per heavy atom. The van der Waals surface area contributed by atoms with Crippen molar-refractivity contribution in [1.29, 1.82) is 0 Å². The van der Waals surface area contributed by atoms with Gasteiger partial charge in [-0.05, 0) is 31.1 Å². The van der Waals surface area contributed by atoms with E-state index < -0.39 is 5.72 Å². The first-order chi connectivity index (χ1) is 7.59. The molecule has 1 amide bonds. The number of carbonyl (C=O) groups is 1. The molecule has 0 saturated carbocycles. The lowest BCUT2D eigenvalue weighted by atomic mass is 10.0. The molecular formula is C13H15NO2. The molecule has 1 unspecified atom stereocenters. The molecule has 16 heavy (non-hydrogen) atoms. The predicted molar refractivity (Wildman–Crippen MR) is 62.9 cm³/mol. The maximum atomic E-state index is 11.8. The van der Waals surface area contributed by atoms with Gasteiger partial charge in [-0.1, -0.05) is 25.1 Å². The molecule has 1 heterocycles. The van der Waals surface area contributed by atoms with Crippen molar-refractivity contribution < 1.29 is 9.90 Å². The molecule has 1 aromatic rings. The molecule has 3 nitrogen and oxygen atoms in total. The van der Waals surface area contributed by atoms with Gasteiger partial charge in [-0.25, -0.2) is 0 Å². The summed E-state index contributed by atoms with van der Waals surface area (Å²) in [4.78, 5) is 13.3. The van der Waals surface area contributed by atoms with Crippen LogP contribution in [0, 0.1) is 0 Å². The molecule has 0 spiro atoms. The Bertz CT molecular complexity index is 439. The van der Waals surface area contributed by atoms with E-state index >= 15 is 0 Å². The number of amides is 1. The summed E-state index contributed by atoms with van der Waals surface area (Å²) in [6, 6.07) is 9.24. The Kier molecular flexibility index (Phi) is 2.56. The van der Waals surface area contributed by atoms with E-state index in [1.807, 2.05) is 37.3 Å². The molecule has 0 saturated heterocycles. The average Bonchev–Trinajstić information content (AvgIpc) is 2.52. The third-order valence-corrected chi connectivity index (χ3v) is 3.07. The highest BCUT2D eigenvalue weighted by atomic mass is 16.3. The molecule has 1 atom stereocenters. The van der Waals surface area contributed by atoms with E-state index in [1.54, 1.807) is 6.92 Å². The number of carbonyl (C=O) groups excluding carboxylic acids is 1. The van der Waals surface area contributed by atoms with Gasteiger partial charge in [0, 0.05) is 11.8 Å². The van der Waals surface area contributed by atoms with E-state index in [0.29, 0.717) is 12.0 Å². The first kappa shape index (κ1) is 10.9. The van der Waals surface area contributed by atoms with E-state index in [1.165, 1.54) is 11.0 Å². The van der Waals surface area contributed by atoms with Crippen molar-refractivity contribution in [2.45, 2.75) is 26.0 Å². The summed E-state index contributed by atoms with van der Waals surface area (Å²) >= 11 is 0. The number of hydrogen-bond acceptors (Lipinski definition) is 2. The van der Waals surface area contributed by atoms with Crippen LogP contribution < -0.4 is 4.90 Å². The summed E-state index contributed by atoms with van der Waals surface area (Å²) < 4.78 is 0.